The molecule has 0 amide bonds. The van der Waals surface area contributed by atoms with Crippen LogP contribution in [0.15, 0.2) is 12.2 Å². The fourth-order valence-electron chi connectivity index (χ4n) is 3.09. The fraction of sp³-hybridized carbons (Fsp3) is 0.857. The molecule has 1 unspecified atom stereocenters. The van der Waals surface area contributed by atoms with Gasteiger partial charge in [0.1, 0.15) is 0 Å². The zero-order chi connectivity index (χ0) is 17.2. The SMILES string of the molecule is CC=CC(CCCCCCCCCCCCCCCC)C(=O)O. The lowest BCUT2D eigenvalue weighted by atomic mass is 9.99. The van der Waals surface area contributed by atoms with E-state index in [2.05, 4.69) is 6.92 Å². The molecule has 0 aliphatic heterocycles. The minimum absolute atomic E-state index is 0.280. The Morgan fingerprint density at radius 2 is 1.17 bits per heavy atom. The molecule has 0 bridgehead atoms. The molecule has 0 aliphatic rings. The van der Waals surface area contributed by atoms with Crippen molar-refractivity contribution in [1.29, 1.82) is 0 Å². The molecule has 0 heterocycles. The van der Waals surface area contributed by atoms with Crippen molar-refractivity contribution in [2.75, 3.05) is 0 Å². The van der Waals surface area contributed by atoms with Crippen LogP contribution in [0.4, 0.5) is 0 Å². The second kappa shape index (κ2) is 17.6. The summed E-state index contributed by atoms with van der Waals surface area (Å²) in [6.07, 6.45) is 23.2. The molecule has 0 aromatic carbocycles. The summed E-state index contributed by atoms with van der Waals surface area (Å²) in [7, 11) is 0. The Hall–Kier alpha value is -0.790. The first-order chi connectivity index (χ1) is 11.2. The zero-order valence-corrected chi connectivity index (χ0v) is 15.7. The molecule has 1 N–H and O–H groups in total. The van der Waals surface area contributed by atoms with E-state index in [1.54, 1.807) is 0 Å². The van der Waals surface area contributed by atoms with E-state index in [0.717, 1.165) is 12.8 Å². The largest absolute Gasteiger partial charge is 0.481 e. The maximum absolute atomic E-state index is 11.0. The van der Waals surface area contributed by atoms with Gasteiger partial charge in [0, 0.05) is 0 Å². The third-order valence-corrected chi connectivity index (χ3v) is 4.61. The van der Waals surface area contributed by atoms with E-state index in [1.165, 1.54) is 83.5 Å². The maximum Gasteiger partial charge on any atom is 0.310 e. The van der Waals surface area contributed by atoms with Gasteiger partial charge in [-0.3, -0.25) is 4.79 Å². The molecular weight excluding hydrogens is 284 g/mol. The normalized spacial score (nSPS) is 12.8. The van der Waals surface area contributed by atoms with Crippen LogP contribution in [0.25, 0.3) is 0 Å². The van der Waals surface area contributed by atoms with Crippen LogP contribution in [-0.2, 0) is 4.79 Å². The number of carboxylic acid groups (broad SMARTS) is 1. The van der Waals surface area contributed by atoms with Gasteiger partial charge in [-0.1, -0.05) is 109 Å². The van der Waals surface area contributed by atoms with Crippen LogP contribution in [0.5, 0.6) is 0 Å². The van der Waals surface area contributed by atoms with Crippen molar-refractivity contribution >= 4 is 5.97 Å². The van der Waals surface area contributed by atoms with Crippen molar-refractivity contribution < 1.29 is 9.90 Å². The number of carboxylic acids is 1. The number of rotatable bonds is 17. The lowest BCUT2D eigenvalue weighted by Crippen LogP contribution is -2.10. The highest BCUT2D eigenvalue weighted by Gasteiger charge is 2.12. The average molecular weight is 325 g/mol. The number of hydrogen-bond acceptors (Lipinski definition) is 1. The molecule has 0 aromatic heterocycles. The molecule has 0 spiro atoms. The van der Waals surface area contributed by atoms with Gasteiger partial charge in [-0.25, -0.2) is 0 Å². The van der Waals surface area contributed by atoms with Gasteiger partial charge in [0.25, 0.3) is 0 Å². The van der Waals surface area contributed by atoms with Crippen LogP contribution in [0, 0.1) is 5.92 Å². The minimum atomic E-state index is -0.683. The first-order valence-corrected chi connectivity index (χ1v) is 10.1. The van der Waals surface area contributed by atoms with Gasteiger partial charge in [0.15, 0.2) is 0 Å². The van der Waals surface area contributed by atoms with Crippen molar-refractivity contribution in [2.24, 2.45) is 5.92 Å². The third-order valence-electron chi connectivity index (χ3n) is 4.61. The Morgan fingerprint density at radius 1 is 0.783 bits per heavy atom. The highest BCUT2D eigenvalue weighted by Crippen LogP contribution is 2.15. The van der Waals surface area contributed by atoms with Gasteiger partial charge >= 0.3 is 5.97 Å². The highest BCUT2D eigenvalue weighted by molar-refractivity contribution is 5.71. The molecule has 0 saturated carbocycles. The van der Waals surface area contributed by atoms with Crippen molar-refractivity contribution in [3.8, 4) is 0 Å². The molecule has 0 aliphatic carbocycles. The summed E-state index contributed by atoms with van der Waals surface area (Å²) in [5, 5.41) is 9.06. The molecule has 2 heteroatoms. The number of carbonyl (C=O) groups is 1. The zero-order valence-electron chi connectivity index (χ0n) is 15.7. The first kappa shape index (κ1) is 22.2. The van der Waals surface area contributed by atoms with Crippen LogP contribution in [0.3, 0.4) is 0 Å². The van der Waals surface area contributed by atoms with E-state index >= 15 is 0 Å². The lowest BCUT2D eigenvalue weighted by molar-refractivity contribution is -0.140. The quantitative estimate of drug-likeness (QED) is 0.228. The summed E-state index contributed by atoms with van der Waals surface area (Å²) in [4.78, 5) is 11.0. The van der Waals surface area contributed by atoms with Gasteiger partial charge in [0.05, 0.1) is 5.92 Å². The Kier molecular flexibility index (Phi) is 17.0. The molecule has 0 aromatic rings. The van der Waals surface area contributed by atoms with E-state index in [-0.39, 0.29) is 5.92 Å². The topological polar surface area (TPSA) is 37.3 Å². The van der Waals surface area contributed by atoms with Crippen molar-refractivity contribution in [3.63, 3.8) is 0 Å². The lowest BCUT2D eigenvalue weighted by Gasteiger charge is -2.07. The van der Waals surface area contributed by atoms with Crippen LogP contribution < -0.4 is 0 Å². The molecule has 136 valence electrons. The molecule has 1 atom stereocenters. The molecule has 0 rings (SSSR count). The second-order valence-electron chi connectivity index (χ2n) is 6.86. The van der Waals surface area contributed by atoms with Crippen LogP contribution in [-0.4, -0.2) is 11.1 Å². The predicted molar refractivity (Wildman–Crippen MR) is 101 cm³/mol. The van der Waals surface area contributed by atoms with Gasteiger partial charge in [-0.05, 0) is 13.3 Å². The van der Waals surface area contributed by atoms with E-state index in [0.29, 0.717) is 0 Å². The Balaban J connectivity index is 3.23. The van der Waals surface area contributed by atoms with E-state index in [4.69, 9.17) is 5.11 Å². The second-order valence-corrected chi connectivity index (χ2v) is 6.86. The summed E-state index contributed by atoms with van der Waals surface area (Å²) in [5.74, 6) is -0.963. The van der Waals surface area contributed by atoms with E-state index < -0.39 is 5.97 Å². The smallest absolute Gasteiger partial charge is 0.310 e. The minimum Gasteiger partial charge on any atom is -0.481 e. The Labute approximate surface area is 144 Å². The van der Waals surface area contributed by atoms with Crippen molar-refractivity contribution in [2.45, 2.75) is 110 Å². The summed E-state index contributed by atoms with van der Waals surface area (Å²) in [6, 6.07) is 0. The van der Waals surface area contributed by atoms with Gasteiger partial charge < -0.3 is 5.11 Å². The van der Waals surface area contributed by atoms with Crippen LogP contribution >= 0.6 is 0 Å². The standard InChI is InChI=1S/C21H40O2/c1-3-5-6-7-8-9-10-11-12-13-14-15-16-17-19-20(18-4-2)21(22)23/h4,18,20H,3,5-17,19H2,1-2H3,(H,22,23). The fourth-order valence-corrected chi connectivity index (χ4v) is 3.09. The number of hydrogen-bond donors (Lipinski definition) is 1. The van der Waals surface area contributed by atoms with E-state index in [9.17, 15) is 4.79 Å². The highest BCUT2D eigenvalue weighted by atomic mass is 16.4. The maximum atomic E-state index is 11.0. The van der Waals surface area contributed by atoms with Gasteiger partial charge in [0.2, 0.25) is 0 Å². The van der Waals surface area contributed by atoms with Gasteiger partial charge in [-0.2, -0.15) is 0 Å². The average Bonchev–Trinajstić information content (AvgIpc) is 2.54. The third kappa shape index (κ3) is 15.9. The van der Waals surface area contributed by atoms with Crippen LogP contribution in [0.2, 0.25) is 0 Å². The van der Waals surface area contributed by atoms with E-state index in [1.807, 2.05) is 19.1 Å². The summed E-state index contributed by atoms with van der Waals surface area (Å²) < 4.78 is 0. The predicted octanol–water partition coefficient (Wildman–Crippen LogP) is 7.13. The number of unbranched alkanes of at least 4 members (excludes halogenated alkanes) is 13. The molecule has 2 nitrogen and oxygen atoms in total. The first-order valence-electron chi connectivity index (χ1n) is 10.1. The Morgan fingerprint density at radius 3 is 1.52 bits per heavy atom. The molecular formula is C21H40O2. The number of aliphatic carboxylic acids is 1. The van der Waals surface area contributed by atoms with Crippen LogP contribution in [0.1, 0.15) is 110 Å². The molecule has 0 radical (unpaired) electrons. The molecule has 23 heavy (non-hydrogen) atoms. The van der Waals surface area contributed by atoms with Gasteiger partial charge in [-0.15, -0.1) is 0 Å². The summed E-state index contributed by atoms with van der Waals surface area (Å²) in [6.45, 7) is 4.16. The number of allylic oxidation sites excluding steroid dienone is 1. The molecule has 0 saturated heterocycles. The Bertz CT molecular complexity index is 284. The monoisotopic (exact) mass is 324 g/mol. The summed E-state index contributed by atoms with van der Waals surface area (Å²) in [5.41, 5.74) is 0. The van der Waals surface area contributed by atoms with Crippen molar-refractivity contribution in [3.05, 3.63) is 12.2 Å². The summed E-state index contributed by atoms with van der Waals surface area (Å²) >= 11 is 0. The van der Waals surface area contributed by atoms with Crippen molar-refractivity contribution in [1.82, 2.24) is 0 Å². The molecule has 0 fully saturated rings.